The Kier molecular flexibility index (Phi) is 6.68. The average molecular weight is 294 g/mol. The Balaban J connectivity index is 2.63. The van der Waals surface area contributed by atoms with Crippen LogP contribution >= 0.6 is 0 Å². The summed E-state index contributed by atoms with van der Waals surface area (Å²) in [6, 6.07) is 6.66. The van der Waals surface area contributed by atoms with Gasteiger partial charge < -0.3 is 20.5 Å². The van der Waals surface area contributed by atoms with E-state index in [4.69, 9.17) is 15.6 Å². The number of carboxylic acids is 1. The highest BCUT2D eigenvalue weighted by Gasteiger charge is 2.20. The molecule has 6 nitrogen and oxygen atoms in total. The number of rotatable bonds is 8. The van der Waals surface area contributed by atoms with E-state index in [9.17, 15) is 9.59 Å². The number of amides is 1. The van der Waals surface area contributed by atoms with Crippen molar-refractivity contribution in [3.63, 3.8) is 0 Å². The molecule has 1 rings (SSSR count). The van der Waals surface area contributed by atoms with Crippen LogP contribution in [0, 0.1) is 0 Å². The first-order chi connectivity index (χ1) is 9.97. The number of carbonyl (C=O) groups is 2. The van der Waals surface area contributed by atoms with E-state index < -0.39 is 12.0 Å². The molecule has 0 heterocycles. The van der Waals surface area contributed by atoms with Crippen molar-refractivity contribution in [1.29, 1.82) is 0 Å². The molecule has 0 bridgehead atoms. The van der Waals surface area contributed by atoms with Crippen LogP contribution in [0.1, 0.15) is 25.3 Å². The lowest BCUT2D eigenvalue weighted by molar-refractivity contribution is -0.137. The summed E-state index contributed by atoms with van der Waals surface area (Å²) in [5, 5.41) is 8.63. The highest BCUT2D eigenvalue weighted by atomic mass is 16.5. The second-order valence-electron chi connectivity index (χ2n) is 4.74. The number of hydrogen-bond acceptors (Lipinski definition) is 4. The molecule has 1 amide bonds. The molecule has 0 saturated heterocycles. The lowest BCUT2D eigenvalue weighted by Crippen LogP contribution is -2.43. The normalized spacial score (nSPS) is 11.8. The first-order valence-electron chi connectivity index (χ1n) is 6.87. The van der Waals surface area contributed by atoms with Crippen molar-refractivity contribution < 1.29 is 19.4 Å². The largest absolute Gasteiger partial charge is 0.497 e. The Hall–Kier alpha value is -2.08. The maximum absolute atomic E-state index is 12.2. The van der Waals surface area contributed by atoms with E-state index >= 15 is 0 Å². The lowest BCUT2D eigenvalue weighted by Gasteiger charge is -2.24. The molecule has 1 atom stereocenters. The monoisotopic (exact) mass is 294 g/mol. The standard InChI is InChI=1S/C15H22N2O4/c1-3-17(15(20)13(16)8-9-14(18)19)10-11-4-6-12(21-2)7-5-11/h4-7,13H,3,8-10,16H2,1-2H3,(H,18,19). The summed E-state index contributed by atoms with van der Waals surface area (Å²) in [5.41, 5.74) is 6.74. The first-order valence-corrected chi connectivity index (χ1v) is 6.87. The molecule has 0 radical (unpaired) electrons. The number of methoxy groups -OCH3 is 1. The summed E-state index contributed by atoms with van der Waals surface area (Å²) < 4.78 is 5.08. The summed E-state index contributed by atoms with van der Waals surface area (Å²) >= 11 is 0. The zero-order valence-corrected chi connectivity index (χ0v) is 12.4. The Labute approximate surface area is 124 Å². The molecule has 116 valence electrons. The van der Waals surface area contributed by atoms with Gasteiger partial charge in [0.15, 0.2) is 0 Å². The van der Waals surface area contributed by atoms with Crippen LogP contribution in [0.15, 0.2) is 24.3 Å². The summed E-state index contributed by atoms with van der Waals surface area (Å²) in [6.07, 6.45) is 0.0419. The molecular formula is C15H22N2O4. The predicted molar refractivity (Wildman–Crippen MR) is 78.9 cm³/mol. The minimum Gasteiger partial charge on any atom is -0.497 e. The third-order valence-corrected chi connectivity index (χ3v) is 3.21. The van der Waals surface area contributed by atoms with Crippen LogP contribution in [-0.2, 0) is 16.1 Å². The number of hydrogen-bond donors (Lipinski definition) is 2. The van der Waals surface area contributed by atoms with E-state index in [0.717, 1.165) is 11.3 Å². The molecule has 0 spiro atoms. The third kappa shape index (κ3) is 5.43. The van der Waals surface area contributed by atoms with E-state index in [1.54, 1.807) is 12.0 Å². The van der Waals surface area contributed by atoms with Crippen molar-refractivity contribution in [1.82, 2.24) is 4.90 Å². The molecule has 1 unspecified atom stereocenters. The molecule has 0 saturated carbocycles. The van der Waals surface area contributed by atoms with Crippen molar-refractivity contribution >= 4 is 11.9 Å². The van der Waals surface area contributed by atoms with Crippen LogP contribution in [0.3, 0.4) is 0 Å². The van der Waals surface area contributed by atoms with Gasteiger partial charge in [0.25, 0.3) is 0 Å². The van der Waals surface area contributed by atoms with Crippen LogP contribution in [-0.4, -0.2) is 41.6 Å². The van der Waals surface area contributed by atoms with Crippen LogP contribution in [0.5, 0.6) is 5.75 Å². The number of aliphatic carboxylic acids is 1. The van der Waals surface area contributed by atoms with Crippen molar-refractivity contribution in [2.24, 2.45) is 5.73 Å². The van der Waals surface area contributed by atoms with Crippen LogP contribution < -0.4 is 10.5 Å². The maximum atomic E-state index is 12.2. The number of benzene rings is 1. The van der Waals surface area contributed by atoms with Gasteiger partial charge in [-0.05, 0) is 31.0 Å². The average Bonchev–Trinajstić information content (AvgIpc) is 2.50. The van der Waals surface area contributed by atoms with E-state index in [-0.39, 0.29) is 18.7 Å². The number of carbonyl (C=O) groups excluding carboxylic acids is 1. The number of nitrogens with two attached hydrogens (primary N) is 1. The summed E-state index contributed by atoms with van der Waals surface area (Å²) in [5.74, 6) is -0.419. The molecule has 0 fully saturated rings. The highest BCUT2D eigenvalue weighted by Crippen LogP contribution is 2.13. The second-order valence-corrected chi connectivity index (χ2v) is 4.74. The molecule has 0 aliphatic heterocycles. The molecule has 0 aliphatic rings. The molecule has 21 heavy (non-hydrogen) atoms. The smallest absolute Gasteiger partial charge is 0.303 e. The number of likely N-dealkylation sites (N-methyl/N-ethyl adjacent to an activating group) is 1. The van der Waals surface area contributed by atoms with E-state index in [1.807, 2.05) is 31.2 Å². The Morgan fingerprint density at radius 3 is 2.43 bits per heavy atom. The Morgan fingerprint density at radius 1 is 1.33 bits per heavy atom. The van der Waals surface area contributed by atoms with Gasteiger partial charge in [0.1, 0.15) is 5.75 Å². The molecule has 6 heteroatoms. The topological polar surface area (TPSA) is 92.9 Å². The van der Waals surface area contributed by atoms with E-state index in [0.29, 0.717) is 13.1 Å². The van der Waals surface area contributed by atoms with Crippen molar-refractivity contribution in [2.75, 3.05) is 13.7 Å². The highest BCUT2D eigenvalue weighted by molar-refractivity contribution is 5.82. The molecular weight excluding hydrogens is 272 g/mol. The van der Waals surface area contributed by atoms with Gasteiger partial charge in [0.2, 0.25) is 5.91 Å². The molecule has 1 aromatic carbocycles. The van der Waals surface area contributed by atoms with Gasteiger partial charge in [-0.2, -0.15) is 0 Å². The van der Waals surface area contributed by atoms with Crippen molar-refractivity contribution in [3.05, 3.63) is 29.8 Å². The Bertz CT molecular complexity index is 473. The maximum Gasteiger partial charge on any atom is 0.303 e. The molecule has 0 aliphatic carbocycles. The number of nitrogens with zero attached hydrogens (tertiary/aromatic N) is 1. The predicted octanol–water partition coefficient (Wildman–Crippen LogP) is 1.24. The van der Waals surface area contributed by atoms with Crippen LogP contribution in [0.4, 0.5) is 0 Å². The zero-order valence-electron chi connectivity index (χ0n) is 12.4. The second kappa shape index (κ2) is 8.26. The fraction of sp³-hybridized carbons (Fsp3) is 0.467. The van der Waals surface area contributed by atoms with Crippen LogP contribution in [0.2, 0.25) is 0 Å². The zero-order chi connectivity index (χ0) is 15.8. The minimum atomic E-state index is -0.948. The van der Waals surface area contributed by atoms with Gasteiger partial charge in [-0.3, -0.25) is 9.59 Å². The summed E-state index contributed by atoms with van der Waals surface area (Å²) in [4.78, 5) is 24.3. The van der Waals surface area contributed by atoms with Crippen molar-refractivity contribution in [3.8, 4) is 5.75 Å². The third-order valence-electron chi connectivity index (χ3n) is 3.21. The van der Waals surface area contributed by atoms with E-state index in [1.165, 1.54) is 0 Å². The van der Waals surface area contributed by atoms with Gasteiger partial charge >= 0.3 is 5.97 Å². The first kappa shape index (κ1) is 17.0. The fourth-order valence-corrected chi connectivity index (χ4v) is 1.93. The van der Waals surface area contributed by atoms with Crippen molar-refractivity contribution in [2.45, 2.75) is 32.4 Å². The van der Waals surface area contributed by atoms with E-state index in [2.05, 4.69) is 0 Å². The Morgan fingerprint density at radius 2 is 1.95 bits per heavy atom. The molecule has 3 N–H and O–H groups in total. The van der Waals surface area contributed by atoms with Gasteiger partial charge in [-0.15, -0.1) is 0 Å². The van der Waals surface area contributed by atoms with Gasteiger partial charge in [-0.1, -0.05) is 12.1 Å². The summed E-state index contributed by atoms with van der Waals surface area (Å²) in [7, 11) is 1.60. The minimum absolute atomic E-state index is 0.104. The van der Waals surface area contributed by atoms with Crippen LogP contribution in [0.25, 0.3) is 0 Å². The summed E-state index contributed by atoms with van der Waals surface area (Å²) in [6.45, 7) is 2.83. The van der Waals surface area contributed by atoms with Gasteiger partial charge in [0.05, 0.1) is 13.2 Å². The van der Waals surface area contributed by atoms with Gasteiger partial charge in [0, 0.05) is 19.5 Å². The molecule has 1 aromatic rings. The SMILES string of the molecule is CCN(Cc1ccc(OC)cc1)C(=O)C(N)CCC(=O)O. The lowest BCUT2D eigenvalue weighted by atomic mass is 10.1. The number of ether oxygens (including phenoxy) is 1. The van der Waals surface area contributed by atoms with Gasteiger partial charge in [-0.25, -0.2) is 0 Å². The quantitative estimate of drug-likeness (QED) is 0.752. The molecule has 0 aromatic heterocycles. The number of carboxylic acid groups (broad SMARTS) is 1. The fourth-order valence-electron chi connectivity index (χ4n) is 1.93.